The fraction of sp³-hybridized carbons (Fsp3) is 0.310. The molecule has 0 radical (unpaired) electrons. The van der Waals surface area contributed by atoms with E-state index in [4.69, 9.17) is 0 Å². The Morgan fingerprint density at radius 3 is 1.16 bits per heavy atom. The van der Waals surface area contributed by atoms with Crippen LogP contribution in [0.4, 0.5) is 0 Å². The van der Waals surface area contributed by atoms with E-state index in [1.807, 2.05) is 0 Å². The SMILES string of the molecule is CC(C)(C)c1ccc2c(c1)c1cc(C(C)(C)C)ccc1n2C1=Cc2c(n(-c3ccccc3)c3ccc(-n4c5ccc(C(C)(C)C)cc5c5cc(C(C)(C)C)ccc54)cc23)CC1. The third-order valence-corrected chi connectivity index (χ3v) is 13.6. The standard InChI is InChI=1S/C58H61N3/c1-55(2,3)36-18-24-49-43(30-36)44-31-37(56(4,5)6)19-25-50(44)60(49)41-22-28-53-47(34-41)48-35-42(23-29-54(48)59(53)40-16-14-13-15-17-40)61-51-26-20-38(57(7,8)9)32-45(51)46-33-39(58(10,11)12)21-27-52(46)61/h13-22,24-28,30-35H,23,29H2,1-12H3. The molecular weight excluding hydrogens is 739 g/mol. The Balaban J connectivity index is 1.24. The zero-order chi connectivity index (χ0) is 43.0. The Bertz CT molecular complexity index is 3110. The van der Waals surface area contributed by atoms with Crippen molar-refractivity contribution in [3.63, 3.8) is 0 Å². The van der Waals surface area contributed by atoms with Crippen LogP contribution in [-0.4, -0.2) is 13.7 Å². The van der Waals surface area contributed by atoms with Crippen LogP contribution in [0.15, 0.2) is 121 Å². The Labute approximate surface area is 362 Å². The van der Waals surface area contributed by atoms with Crippen molar-refractivity contribution in [1.29, 1.82) is 0 Å². The maximum atomic E-state index is 2.58. The minimum Gasteiger partial charge on any atom is -0.313 e. The third-order valence-electron chi connectivity index (χ3n) is 13.6. The van der Waals surface area contributed by atoms with Crippen LogP contribution in [0.25, 0.3) is 77.7 Å². The largest absolute Gasteiger partial charge is 0.313 e. The fourth-order valence-electron chi connectivity index (χ4n) is 9.94. The van der Waals surface area contributed by atoms with Crippen molar-refractivity contribution in [1.82, 2.24) is 13.7 Å². The average molecular weight is 800 g/mol. The van der Waals surface area contributed by atoms with Crippen LogP contribution in [0.2, 0.25) is 0 Å². The smallest absolute Gasteiger partial charge is 0.0541 e. The van der Waals surface area contributed by atoms with Crippen LogP contribution in [0.1, 0.15) is 123 Å². The predicted molar refractivity (Wildman–Crippen MR) is 264 cm³/mol. The highest BCUT2D eigenvalue weighted by Gasteiger charge is 2.27. The second kappa shape index (κ2) is 13.3. The number of benzene rings is 6. The van der Waals surface area contributed by atoms with E-state index in [0.29, 0.717) is 0 Å². The minimum absolute atomic E-state index is 0.0484. The highest BCUT2D eigenvalue weighted by molar-refractivity contribution is 6.13. The molecule has 308 valence electrons. The zero-order valence-corrected chi connectivity index (χ0v) is 38.4. The van der Waals surface area contributed by atoms with Gasteiger partial charge in [-0.3, -0.25) is 0 Å². The van der Waals surface area contributed by atoms with Gasteiger partial charge in [0.05, 0.1) is 27.6 Å². The highest BCUT2D eigenvalue weighted by Crippen LogP contribution is 2.44. The van der Waals surface area contributed by atoms with Gasteiger partial charge in [0.2, 0.25) is 0 Å². The van der Waals surface area contributed by atoms with E-state index in [1.54, 1.807) is 0 Å². The molecule has 3 aromatic heterocycles. The van der Waals surface area contributed by atoms with Gasteiger partial charge in [0, 0.05) is 55.3 Å². The molecule has 6 aromatic carbocycles. The van der Waals surface area contributed by atoms with Gasteiger partial charge in [-0.15, -0.1) is 0 Å². The van der Waals surface area contributed by atoms with Crippen LogP contribution in [0, 0.1) is 0 Å². The van der Waals surface area contributed by atoms with Crippen molar-refractivity contribution in [2.45, 2.75) is 118 Å². The molecule has 10 rings (SSSR count). The van der Waals surface area contributed by atoms with Gasteiger partial charge < -0.3 is 13.7 Å². The number of nitrogens with zero attached hydrogens (tertiary/aromatic N) is 3. The van der Waals surface area contributed by atoms with E-state index >= 15 is 0 Å². The Kier molecular flexibility index (Phi) is 8.61. The average Bonchev–Trinajstić information content (AvgIpc) is 3.83. The maximum Gasteiger partial charge on any atom is 0.0541 e. The summed E-state index contributed by atoms with van der Waals surface area (Å²) in [5.41, 5.74) is 18.4. The molecule has 61 heavy (non-hydrogen) atoms. The molecule has 0 atom stereocenters. The van der Waals surface area contributed by atoms with E-state index in [0.717, 1.165) is 12.8 Å². The van der Waals surface area contributed by atoms with Crippen LogP contribution in [-0.2, 0) is 28.1 Å². The molecule has 0 saturated heterocycles. The van der Waals surface area contributed by atoms with E-state index in [9.17, 15) is 0 Å². The number of allylic oxidation sites excluding steroid dienone is 1. The van der Waals surface area contributed by atoms with Crippen molar-refractivity contribution >= 4 is 66.3 Å². The van der Waals surface area contributed by atoms with Crippen LogP contribution in [0.3, 0.4) is 0 Å². The van der Waals surface area contributed by atoms with Crippen molar-refractivity contribution in [2.24, 2.45) is 0 Å². The summed E-state index contributed by atoms with van der Waals surface area (Å²) in [6.07, 6.45) is 4.42. The molecule has 0 aliphatic heterocycles. The van der Waals surface area contributed by atoms with Gasteiger partial charge in [-0.05, 0) is 142 Å². The summed E-state index contributed by atoms with van der Waals surface area (Å²) in [7, 11) is 0. The lowest BCUT2D eigenvalue weighted by Gasteiger charge is -2.21. The molecule has 0 fully saturated rings. The highest BCUT2D eigenvalue weighted by atomic mass is 15.0. The summed E-state index contributed by atoms with van der Waals surface area (Å²) in [4.78, 5) is 0. The predicted octanol–water partition coefficient (Wildman–Crippen LogP) is 16.0. The maximum absolute atomic E-state index is 2.58. The van der Waals surface area contributed by atoms with Crippen LogP contribution >= 0.6 is 0 Å². The second-order valence-corrected chi connectivity index (χ2v) is 22.0. The fourth-order valence-corrected chi connectivity index (χ4v) is 9.94. The topological polar surface area (TPSA) is 14.8 Å². The van der Waals surface area contributed by atoms with Crippen molar-refractivity contribution < 1.29 is 0 Å². The first kappa shape index (κ1) is 39.3. The van der Waals surface area contributed by atoms with Gasteiger partial charge in [-0.1, -0.05) is 126 Å². The van der Waals surface area contributed by atoms with Crippen LogP contribution in [0.5, 0.6) is 0 Å². The molecule has 0 bridgehead atoms. The molecule has 1 aliphatic rings. The third kappa shape index (κ3) is 6.38. The second-order valence-electron chi connectivity index (χ2n) is 22.0. The molecule has 0 spiro atoms. The molecule has 3 heterocycles. The normalized spacial score (nSPS) is 14.2. The molecule has 0 N–H and O–H groups in total. The minimum atomic E-state index is 0.0484. The van der Waals surface area contributed by atoms with Crippen molar-refractivity contribution in [2.75, 3.05) is 0 Å². The summed E-state index contributed by atoms with van der Waals surface area (Å²) in [6, 6.07) is 46.8. The summed E-state index contributed by atoms with van der Waals surface area (Å²) < 4.78 is 7.61. The quantitative estimate of drug-likeness (QED) is 0.169. The number of para-hydroxylation sites is 1. The van der Waals surface area contributed by atoms with E-state index in [2.05, 4.69) is 224 Å². The molecule has 3 heteroatoms. The lowest BCUT2D eigenvalue weighted by atomic mass is 9.85. The first-order valence-corrected chi connectivity index (χ1v) is 22.4. The van der Waals surface area contributed by atoms with Gasteiger partial charge in [0.25, 0.3) is 0 Å². The molecular formula is C58H61N3. The van der Waals surface area contributed by atoms with E-state index < -0.39 is 0 Å². The molecule has 0 saturated carbocycles. The number of hydrogen-bond acceptors (Lipinski definition) is 0. The number of hydrogen-bond donors (Lipinski definition) is 0. The number of fused-ring (bicyclic) bond motifs is 9. The monoisotopic (exact) mass is 799 g/mol. The van der Waals surface area contributed by atoms with Crippen LogP contribution < -0.4 is 0 Å². The Hall–Kier alpha value is -5.80. The molecule has 3 nitrogen and oxygen atoms in total. The number of rotatable bonds is 3. The van der Waals surface area contributed by atoms with E-state index in [-0.39, 0.29) is 21.7 Å². The molecule has 1 aliphatic carbocycles. The van der Waals surface area contributed by atoms with Gasteiger partial charge in [0.15, 0.2) is 0 Å². The molecule has 0 unspecified atom stereocenters. The summed E-state index contributed by atoms with van der Waals surface area (Å²) in [5.74, 6) is 0. The van der Waals surface area contributed by atoms with E-state index in [1.165, 1.54) is 105 Å². The van der Waals surface area contributed by atoms with Crippen molar-refractivity contribution in [3.05, 3.63) is 155 Å². The number of aromatic nitrogens is 3. The summed E-state index contributed by atoms with van der Waals surface area (Å²) in [5, 5.41) is 6.59. The summed E-state index contributed by atoms with van der Waals surface area (Å²) in [6.45, 7) is 27.8. The zero-order valence-electron chi connectivity index (χ0n) is 38.4. The van der Waals surface area contributed by atoms with Gasteiger partial charge in [-0.2, -0.15) is 0 Å². The van der Waals surface area contributed by atoms with Gasteiger partial charge in [0.1, 0.15) is 0 Å². The lowest BCUT2D eigenvalue weighted by molar-refractivity contribution is 0.590. The first-order chi connectivity index (χ1) is 28.8. The summed E-state index contributed by atoms with van der Waals surface area (Å²) >= 11 is 0. The first-order valence-electron chi connectivity index (χ1n) is 22.4. The van der Waals surface area contributed by atoms with Gasteiger partial charge >= 0.3 is 0 Å². The van der Waals surface area contributed by atoms with Crippen molar-refractivity contribution in [3.8, 4) is 11.4 Å². The molecule has 0 amide bonds. The lowest BCUT2D eigenvalue weighted by Crippen LogP contribution is -2.11. The molecule has 9 aromatic rings. The van der Waals surface area contributed by atoms with Gasteiger partial charge in [-0.25, -0.2) is 0 Å². The Morgan fingerprint density at radius 1 is 0.344 bits per heavy atom. The Morgan fingerprint density at radius 2 is 0.738 bits per heavy atom.